The maximum atomic E-state index is 11.3. The summed E-state index contributed by atoms with van der Waals surface area (Å²) in [4.78, 5) is 9.18. The summed E-state index contributed by atoms with van der Waals surface area (Å²) in [5.41, 5.74) is 1.29. The largest absolute Gasteiger partial charge is 0.369 e. The number of aliphatic imine (C=N–C) groups is 1. The van der Waals surface area contributed by atoms with Crippen LogP contribution < -0.4 is 15.5 Å². The van der Waals surface area contributed by atoms with Crippen LogP contribution in [0.15, 0.2) is 35.3 Å². The molecular weight excluding hydrogens is 374 g/mol. The lowest BCUT2D eigenvalue weighted by atomic mass is 10.2. The van der Waals surface area contributed by atoms with Gasteiger partial charge in [0.05, 0.1) is 5.75 Å². The monoisotopic (exact) mass is 409 g/mol. The molecule has 1 saturated heterocycles. The van der Waals surface area contributed by atoms with Gasteiger partial charge in [-0.3, -0.25) is 9.89 Å². The van der Waals surface area contributed by atoms with E-state index in [1.54, 1.807) is 7.05 Å². The van der Waals surface area contributed by atoms with Crippen molar-refractivity contribution in [2.24, 2.45) is 4.99 Å². The van der Waals surface area contributed by atoms with Crippen molar-refractivity contribution in [1.29, 1.82) is 0 Å². The molecule has 1 aromatic rings. The zero-order valence-corrected chi connectivity index (χ0v) is 18.4. The molecule has 158 valence electrons. The van der Waals surface area contributed by atoms with E-state index in [2.05, 4.69) is 62.7 Å². The van der Waals surface area contributed by atoms with Crippen LogP contribution in [0.3, 0.4) is 0 Å². The molecular formula is C20H35N5O2S. The van der Waals surface area contributed by atoms with Crippen LogP contribution in [-0.2, 0) is 9.84 Å². The topological polar surface area (TPSA) is 77.0 Å². The van der Waals surface area contributed by atoms with Crippen LogP contribution in [0.4, 0.5) is 5.69 Å². The van der Waals surface area contributed by atoms with Crippen molar-refractivity contribution in [2.75, 3.05) is 56.7 Å². The Morgan fingerprint density at radius 3 is 2.36 bits per heavy atom. The van der Waals surface area contributed by atoms with Gasteiger partial charge >= 0.3 is 0 Å². The number of hydrogen-bond donors (Lipinski definition) is 2. The predicted octanol–water partition coefficient (Wildman–Crippen LogP) is 1.19. The Kier molecular flexibility index (Phi) is 8.57. The molecule has 0 aliphatic carbocycles. The molecule has 28 heavy (non-hydrogen) atoms. The third-order valence-electron chi connectivity index (χ3n) is 5.15. The number of para-hydroxylation sites is 1. The Balaban J connectivity index is 1.73. The number of piperazine rings is 1. The summed E-state index contributed by atoms with van der Waals surface area (Å²) in [5, 5.41) is 6.65. The van der Waals surface area contributed by atoms with Crippen LogP contribution in [0.5, 0.6) is 0 Å². The van der Waals surface area contributed by atoms with Gasteiger partial charge in [0.1, 0.15) is 9.84 Å². The van der Waals surface area contributed by atoms with Gasteiger partial charge in [0, 0.05) is 63.8 Å². The second-order valence-electron chi connectivity index (χ2n) is 7.62. The zero-order chi connectivity index (χ0) is 20.6. The first-order chi connectivity index (χ1) is 13.3. The SMILES string of the molecule is CN=C(NCC(C)N1CCN(c2ccccc2)CC1)NC(C)CCS(C)(=O)=O. The highest BCUT2D eigenvalue weighted by Gasteiger charge is 2.21. The number of benzene rings is 1. The highest BCUT2D eigenvalue weighted by Crippen LogP contribution is 2.16. The lowest BCUT2D eigenvalue weighted by Gasteiger charge is -2.39. The second kappa shape index (κ2) is 10.7. The summed E-state index contributed by atoms with van der Waals surface area (Å²) in [5.74, 6) is 0.899. The average Bonchev–Trinajstić information content (AvgIpc) is 2.69. The van der Waals surface area contributed by atoms with Crippen molar-refractivity contribution >= 4 is 21.5 Å². The number of hydrogen-bond acceptors (Lipinski definition) is 5. The van der Waals surface area contributed by atoms with E-state index in [1.165, 1.54) is 11.9 Å². The van der Waals surface area contributed by atoms with E-state index in [0.29, 0.717) is 12.5 Å². The predicted molar refractivity (Wildman–Crippen MR) is 118 cm³/mol. The fraction of sp³-hybridized carbons (Fsp3) is 0.650. The summed E-state index contributed by atoms with van der Waals surface area (Å²) in [7, 11) is -1.20. The maximum Gasteiger partial charge on any atom is 0.191 e. The number of nitrogens with one attached hydrogen (secondary N) is 2. The van der Waals surface area contributed by atoms with Gasteiger partial charge in [-0.1, -0.05) is 18.2 Å². The summed E-state index contributed by atoms with van der Waals surface area (Å²) in [6, 6.07) is 11.0. The minimum Gasteiger partial charge on any atom is -0.369 e. The van der Waals surface area contributed by atoms with Crippen LogP contribution in [0.25, 0.3) is 0 Å². The standard InChI is InChI=1S/C20H35N5O2S/c1-17(10-15-28(4,26)27)23-20(21-3)22-16-18(2)24-11-13-25(14-12-24)19-8-6-5-7-9-19/h5-9,17-18H,10-16H2,1-4H3,(H2,21,22,23). The Bertz CT molecular complexity index is 715. The van der Waals surface area contributed by atoms with Gasteiger partial charge in [0.2, 0.25) is 0 Å². The molecule has 1 aromatic carbocycles. The Hall–Kier alpha value is -1.80. The number of rotatable bonds is 8. The normalized spacial score (nSPS) is 18.6. The van der Waals surface area contributed by atoms with Gasteiger partial charge in [-0.05, 0) is 32.4 Å². The molecule has 2 unspecified atom stereocenters. The van der Waals surface area contributed by atoms with Crippen LogP contribution >= 0.6 is 0 Å². The molecule has 0 bridgehead atoms. The number of sulfone groups is 1. The molecule has 0 saturated carbocycles. The molecule has 1 heterocycles. The highest BCUT2D eigenvalue weighted by atomic mass is 32.2. The maximum absolute atomic E-state index is 11.3. The first-order valence-corrected chi connectivity index (χ1v) is 12.0. The Labute approximate surface area is 170 Å². The summed E-state index contributed by atoms with van der Waals surface area (Å²) >= 11 is 0. The van der Waals surface area contributed by atoms with E-state index in [0.717, 1.165) is 38.7 Å². The van der Waals surface area contributed by atoms with E-state index >= 15 is 0 Å². The molecule has 1 aliphatic heterocycles. The fourth-order valence-electron chi connectivity index (χ4n) is 3.32. The number of nitrogens with zero attached hydrogens (tertiary/aromatic N) is 3. The smallest absolute Gasteiger partial charge is 0.191 e. The molecule has 1 fully saturated rings. The van der Waals surface area contributed by atoms with Gasteiger partial charge < -0.3 is 15.5 Å². The van der Waals surface area contributed by atoms with Gasteiger partial charge in [-0.25, -0.2) is 8.42 Å². The van der Waals surface area contributed by atoms with Crippen molar-refractivity contribution in [3.63, 3.8) is 0 Å². The molecule has 7 nitrogen and oxygen atoms in total. The Morgan fingerprint density at radius 2 is 1.79 bits per heavy atom. The zero-order valence-electron chi connectivity index (χ0n) is 17.6. The summed E-state index contributed by atoms with van der Waals surface area (Å²) in [6.45, 7) is 9.14. The van der Waals surface area contributed by atoms with E-state index in [4.69, 9.17) is 0 Å². The molecule has 1 aliphatic rings. The summed E-state index contributed by atoms with van der Waals surface area (Å²) in [6.07, 6.45) is 1.84. The number of guanidine groups is 1. The van der Waals surface area contributed by atoms with Gasteiger partial charge in [0.25, 0.3) is 0 Å². The van der Waals surface area contributed by atoms with Crippen molar-refractivity contribution < 1.29 is 8.42 Å². The number of anilines is 1. The molecule has 2 N–H and O–H groups in total. The van der Waals surface area contributed by atoms with Crippen LogP contribution in [0, 0.1) is 0 Å². The lowest BCUT2D eigenvalue weighted by molar-refractivity contribution is 0.197. The molecule has 0 aromatic heterocycles. The average molecular weight is 410 g/mol. The molecule has 2 atom stereocenters. The van der Waals surface area contributed by atoms with Gasteiger partial charge in [-0.15, -0.1) is 0 Å². The third-order valence-corrected chi connectivity index (χ3v) is 6.13. The van der Waals surface area contributed by atoms with E-state index < -0.39 is 9.84 Å². The Morgan fingerprint density at radius 1 is 1.14 bits per heavy atom. The van der Waals surface area contributed by atoms with Gasteiger partial charge in [-0.2, -0.15) is 0 Å². The molecule has 0 radical (unpaired) electrons. The van der Waals surface area contributed by atoms with Crippen LogP contribution in [0.1, 0.15) is 20.3 Å². The first kappa shape index (κ1) is 22.5. The van der Waals surface area contributed by atoms with Crippen molar-refractivity contribution in [2.45, 2.75) is 32.4 Å². The van der Waals surface area contributed by atoms with E-state index in [-0.39, 0.29) is 11.8 Å². The van der Waals surface area contributed by atoms with Crippen LogP contribution in [-0.4, -0.2) is 83.1 Å². The molecule has 2 rings (SSSR count). The third kappa shape index (κ3) is 7.67. The highest BCUT2D eigenvalue weighted by molar-refractivity contribution is 7.90. The van der Waals surface area contributed by atoms with E-state index in [1.807, 2.05) is 6.92 Å². The quantitative estimate of drug-likeness (QED) is 0.496. The second-order valence-corrected chi connectivity index (χ2v) is 9.88. The van der Waals surface area contributed by atoms with Crippen LogP contribution in [0.2, 0.25) is 0 Å². The van der Waals surface area contributed by atoms with Crippen molar-refractivity contribution in [3.8, 4) is 0 Å². The minimum atomic E-state index is -2.94. The van der Waals surface area contributed by atoms with E-state index in [9.17, 15) is 8.42 Å². The lowest BCUT2D eigenvalue weighted by Crippen LogP contribution is -2.53. The minimum absolute atomic E-state index is 0.0469. The van der Waals surface area contributed by atoms with Crippen molar-refractivity contribution in [3.05, 3.63) is 30.3 Å². The first-order valence-electron chi connectivity index (χ1n) is 9.97. The van der Waals surface area contributed by atoms with Gasteiger partial charge in [0.15, 0.2) is 5.96 Å². The summed E-state index contributed by atoms with van der Waals surface area (Å²) < 4.78 is 22.6. The molecule has 8 heteroatoms. The molecule has 0 spiro atoms. The fourth-order valence-corrected chi connectivity index (χ4v) is 4.11. The van der Waals surface area contributed by atoms with Crippen molar-refractivity contribution in [1.82, 2.24) is 15.5 Å². The molecule has 0 amide bonds.